The summed E-state index contributed by atoms with van der Waals surface area (Å²) in [6.07, 6.45) is 1.97. The molecule has 0 aliphatic heterocycles. The number of benzene rings is 1. The number of hydrogen-bond donors (Lipinski definition) is 3. The SMILES string of the molecule is COCC(NC(=O)c1cccc(NC(=O)CCCc2cccs2)c1)C(=O)O. The second kappa shape index (κ2) is 10.4. The molecule has 0 bridgehead atoms. The highest BCUT2D eigenvalue weighted by Gasteiger charge is 2.20. The third-order valence-corrected chi connectivity index (χ3v) is 4.69. The second-order valence-corrected chi connectivity index (χ2v) is 6.91. The molecule has 0 spiro atoms. The summed E-state index contributed by atoms with van der Waals surface area (Å²) in [5.41, 5.74) is 0.746. The monoisotopic (exact) mass is 390 g/mol. The average Bonchev–Trinajstić information content (AvgIpc) is 3.14. The fraction of sp³-hybridized carbons (Fsp3) is 0.316. The van der Waals surface area contributed by atoms with Crippen molar-refractivity contribution in [3.63, 3.8) is 0 Å². The van der Waals surface area contributed by atoms with Crippen LogP contribution < -0.4 is 10.6 Å². The van der Waals surface area contributed by atoms with Crippen LogP contribution in [0.25, 0.3) is 0 Å². The van der Waals surface area contributed by atoms with Crippen LogP contribution >= 0.6 is 11.3 Å². The van der Waals surface area contributed by atoms with Crippen LogP contribution in [0.1, 0.15) is 28.1 Å². The lowest BCUT2D eigenvalue weighted by molar-refractivity contribution is -0.140. The lowest BCUT2D eigenvalue weighted by Gasteiger charge is -2.14. The van der Waals surface area contributed by atoms with E-state index in [1.807, 2.05) is 17.5 Å². The van der Waals surface area contributed by atoms with E-state index in [0.29, 0.717) is 12.1 Å². The Morgan fingerprint density at radius 3 is 2.70 bits per heavy atom. The number of carboxylic acids is 1. The van der Waals surface area contributed by atoms with Crippen molar-refractivity contribution < 1.29 is 24.2 Å². The van der Waals surface area contributed by atoms with E-state index >= 15 is 0 Å². The van der Waals surface area contributed by atoms with E-state index in [4.69, 9.17) is 9.84 Å². The van der Waals surface area contributed by atoms with Gasteiger partial charge in [0.05, 0.1) is 6.61 Å². The van der Waals surface area contributed by atoms with Gasteiger partial charge in [0, 0.05) is 29.7 Å². The molecule has 3 N–H and O–H groups in total. The van der Waals surface area contributed by atoms with Crippen molar-refractivity contribution in [2.75, 3.05) is 19.0 Å². The smallest absolute Gasteiger partial charge is 0.328 e. The zero-order valence-corrected chi connectivity index (χ0v) is 15.8. The van der Waals surface area contributed by atoms with E-state index in [0.717, 1.165) is 12.8 Å². The number of aryl methyl sites for hydroxylation is 1. The first kappa shape index (κ1) is 20.6. The number of anilines is 1. The molecular weight excluding hydrogens is 368 g/mol. The Kier molecular flexibility index (Phi) is 7.97. The number of thiophene rings is 1. The molecule has 0 aliphatic carbocycles. The standard InChI is InChI=1S/C19H22N2O5S/c1-26-12-16(19(24)25)21-18(23)13-5-2-6-14(11-13)20-17(22)9-3-7-15-8-4-10-27-15/h2,4-6,8,10-11,16H,3,7,9,12H2,1H3,(H,20,22)(H,21,23)(H,24,25). The van der Waals surface area contributed by atoms with E-state index in [2.05, 4.69) is 10.6 Å². The van der Waals surface area contributed by atoms with E-state index < -0.39 is 17.9 Å². The predicted molar refractivity (Wildman–Crippen MR) is 103 cm³/mol. The van der Waals surface area contributed by atoms with Crippen LogP contribution in [-0.4, -0.2) is 42.6 Å². The third-order valence-electron chi connectivity index (χ3n) is 3.75. The summed E-state index contributed by atoms with van der Waals surface area (Å²) in [6, 6.07) is 9.25. The maximum absolute atomic E-state index is 12.2. The second-order valence-electron chi connectivity index (χ2n) is 5.88. The Bertz CT molecular complexity index is 776. The van der Waals surface area contributed by atoms with Crippen molar-refractivity contribution in [1.29, 1.82) is 0 Å². The van der Waals surface area contributed by atoms with Gasteiger partial charge >= 0.3 is 5.97 Å². The molecule has 1 atom stereocenters. The van der Waals surface area contributed by atoms with E-state index in [9.17, 15) is 14.4 Å². The summed E-state index contributed by atoms with van der Waals surface area (Å²) in [4.78, 5) is 36.7. The van der Waals surface area contributed by atoms with E-state index in [1.54, 1.807) is 29.5 Å². The molecular formula is C19H22N2O5S. The fourth-order valence-corrected chi connectivity index (χ4v) is 3.17. The van der Waals surface area contributed by atoms with Gasteiger partial charge in [0.2, 0.25) is 5.91 Å². The van der Waals surface area contributed by atoms with Crippen molar-refractivity contribution >= 4 is 34.8 Å². The molecule has 8 heteroatoms. The van der Waals surface area contributed by atoms with Gasteiger partial charge in [-0.25, -0.2) is 4.79 Å². The van der Waals surface area contributed by atoms with E-state index in [-0.39, 0.29) is 18.1 Å². The topological polar surface area (TPSA) is 105 Å². The van der Waals surface area contributed by atoms with Crippen LogP contribution in [0.2, 0.25) is 0 Å². The first-order valence-electron chi connectivity index (χ1n) is 8.44. The maximum Gasteiger partial charge on any atom is 0.328 e. The molecule has 1 aromatic carbocycles. The van der Waals surface area contributed by atoms with Gasteiger partial charge in [0.1, 0.15) is 0 Å². The number of carboxylic acid groups (broad SMARTS) is 1. The first-order valence-corrected chi connectivity index (χ1v) is 9.32. The van der Waals surface area contributed by atoms with Gasteiger partial charge in [-0.15, -0.1) is 11.3 Å². The quantitative estimate of drug-likeness (QED) is 0.578. The molecule has 0 fully saturated rings. The summed E-state index contributed by atoms with van der Waals surface area (Å²) < 4.78 is 4.79. The van der Waals surface area contributed by atoms with Crippen LogP contribution in [0, 0.1) is 0 Å². The van der Waals surface area contributed by atoms with E-state index in [1.165, 1.54) is 18.1 Å². The van der Waals surface area contributed by atoms with Crippen molar-refractivity contribution in [2.45, 2.75) is 25.3 Å². The zero-order chi connectivity index (χ0) is 19.6. The molecule has 2 rings (SSSR count). The largest absolute Gasteiger partial charge is 0.480 e. The van der Waals surface area contributed by atoms with Gasteiger partial charge in [-0.3, -0.25) is 9.59 Å². The van der Waals surface area contributed by atoms with Crippen molar-refractivity contribution in [3.05, 3.63) is 52.2 Å². The van der Waals surface area contributed by atoms with Crippen LogP contribution in [0.3, 0.4) is 0 Å². The summed E-state index contributed by atoms with van der Waals surface area (Å²) in [5.74, 6) is -1.86. The Labute approximate surface area is 161 Å². The van der Waals surface area contributed by atoms with Gasteiger partial charge in [-0.05, 0) is 42.5 Å². The van der Waals surface area contributed by atoms with Crippen LogP contribution in [0.15, 0.2) is 41.8 Å². The minimum Gasteiger partial charge on any atom is -0.480 e. The average molecular weight is 390 g/mol. The first-order chi connectivity index (χ1) is 13.0. The zero-order valence-electron chi connectivity index (χ0n) is 14.9. The molecule has 2 aromatic rings. The van der Waals surface area contributed by atoms with Crippen molar-refractivity contribution in [1.82, 2.24) is 5.32 Å². The number of carbonyl (C=O) groups excluding carboxylic acids is 2. The minimum atomic E-state index is -1.18. The molecule has 0 aliphatic rings. The fourth-order valence-electron chi connectivity index (χ4n) is 2.42. The Balaban J connectivity index is 1.88. The van der Waals surface area contributed by atoms with Crippen LogP contribution in [-0.2, 0) is 20.7 Å². The lowest BCUT2D eigenvalue weighted by Crippen LogP contribution is -2.43. The van der Waals surface area contributed by atoms with Crippen molar-refractivity contribution in [3.8, 4) is 0 Å². The number of nitrogens with one attached hydrogen (secondary N) is 2. The number of methoxy groups -OCH3 is 1. The molecule has 27 heavy (non-hydrogen) atoms. The summed E-state index contributed by atoms with van der Waals surface area (Å²) >= 11 is 1.67. The number of hydrogen-bond acceptors (Lipinski definition) is 5. The molecule has 0 saturated carbocycles. The minimum absolute atomic E-state index is 0.132. The molecule has 2 amide bonds. The number of ether oxygens (including phenoxy) is 1. The van der Waals surface area contributed by atoms with Gasteiger partial charge in [-0.2, -0.15) is 0 Å². The normalized spacial score (nSPS) is 11.6. The van der Waals surface area contributed by atoms with Gasteiger partial charge in [0.15, 0.2) is 6.04 Å². The molecule has 1 unspecified atom stereocenters. The summed E-state index contributed by atoms with van der Waals surface area (Å²) in [7, 11) is 1.36. The summed E-state index contributed by atoms with van der Waals surface area (Å²) in [5, 5.41) is 16.2. The Hall–Kier alpha value is -2.71. The number of rotatable bonds is 10. The van der Waals surface area contributed by atoms with Gasteiger partial charge < -0.3 is 20.5 Å². The Morgan fingerprint density at radius 2 is 2.04 bits per heavy atom. The maximum atomic E-state index is 12.2. The van der Waals surface area contributed by atoms with Crippen LogP contribution in [0.4, 0.5) is 5.69 Å². The van der Waals surface area contributed by atoms with Crippen LogP contribution in [0.5, 0.6) is 0 Å². The number of amides is 2. The van der Waals surface area contributed by atoms with Crippen molar-refractivity contribution in [2.24, 2.45) is 0 Å². The third kappa shape index (κ3) is 6.84. The highest BCUT2D eigenvalue weighted by molar-refractivity contribution is 7.09. The molecule has 1 aromatic heterocycles. The molecule has 144 valence electrons. The lowest BCUT2D eigenvalue weighted by atomic mass is 10.1. The molecule has 1 heterocycles. The van der Waals surface area contributed by atoms with Gasteiger partial charge in [-0.1, -0.05) is 12.1 Å². The van der Waals surface area contributed by atoms with Gasteiger partial charge in [0.25, 0.3) is 5.91 Å². The molecule has 7 nitrogen and oxygen atoms in total. The number of carbonyl (C=O) groups is 3. The Morgan fingerprint density at radius 1 is 1.22 bits per heavy atom. The summed E-state index contributed by atoms with van der Waals surface area (Å²) in [6.45, 7) is -0.137. The molecule has 0 radical (unpaired) electrons. The highest BCUT2D eigenvalue weighted by Crippen LogP contribution is 2.14. The highest BCUT2D eigenvalue weighted by atomic mass is 32.1. The number of aliphatic carboxylic acids is 1. The predicted octanol–water partition coefficient (Wildman–Crippen LogP) is 2.54. The molecule has 0 saturated heterocycles.